The molecule has 1 fully saturated rings. The van der Waals surface area contributed by atoms with Gasteiger partial charge in [-0.1, -0.05) is 0 Å². The number of rotatable bonds is 5. The van der Waals surface area contributed by atoms with Crippen LogP contribution in [-0.2, 0) is 0 Å². The molecule has 3 heteroatoms. The lowest BCUT2D eigenvalue weighted by molar-refractivity contribution is 0.142. The van der Waals surface area contributed by atoms with E-state index in [9.17, 15) is 0 Å². The lowest BCUT2D eigenvalue weighted by Crippen LogP contribution is -2.37. The quantitative estimate of drug-likeness (QED) is 0.631. The number of hydrogen-bond acceptors (Lipinski definition) is 3. The number of nitrogens with zero attached hydrogens (tertiary/aromatic N) is 1. The Morgan fingerprint density at radius 1 is 1.58 bits per heavy atom. The van der Waals surface area contributed by atoms with Gasteiger partial charge in [0.05, 0.1) is 6.61 Å². The van der Waals surface area contributed by atoms with Crippen molar-refractivity contribution in [3.8, 4) is 0 Å². The van der Waals surface area contributed by atoms with Crippen LogP contribution in [0, 0.1) is 5.41 Å². The highest BCUT2D eigenvalue weighted by atomic mass is 32.1. The molecule has 1 unspecified atom stereocenters. The molecule has 1 aliphatic carbocycles. The maximum Gasteiger partial charge on any atom is 0.0584 e. The third-order valence-corrected chi connectivity index (χ3v) is 3.56. The zero-order chi connectivity index (χ0) is 9.19. The highest BCUT2D eigenvalue weighted by molar-refractivity contribution is 7.80. The largest absolute Gasteiger partial charge is 0.395 e. The Bertz CT molecular complexity index is 147. The van der Waals surface area contributed by atoms with Gasteiger partial charge in [-0.25, -0.2) is 0 Å². The molecule has 2 nitrogen and oxygen atoms in total. The average molecular weight is 189 g/mol. The first-order valence-electron chi connectivity index (χ1n) is 4.55. The molecule has 0 saturated heterocycles. The van der Waals surface area contributed by atoms with Crippen molar-refractivity contribution in [2.24, 2.45) is 5.41 Å². The summed E-state index contributed by atoms with van der Waals surface area (Å²) in [5.41, 5.74) is 0.474. The van der Waals surface area contributed by atoms with E-state index in [1.165, 1.54) is 12.8 Å². The van der Waals surface area contributed by atoms with Crippen LogP contribution in [0.4, 0.5) is 0 Å². The van der Waals surface area contributed by atoms with E-state index in [4.69, 9.17) is 5.11 Å². The predicted octanol–water partition coefficient (Wildman–Crippen LogP) is 1.01. The second-order valence-corrected chi connectivity index (χ2v) is 4.42. The van der Waals surface area contributed by atoms with Gasteiger partial charge >= 0.3 is 0 Å². The highest BCUT2D eigenvalue weighted by Crippen LogP contribution is 2.47. The first-order valence-corrected chi connectivity index (χ1v) is 5.19. The third-order valence-electron chi connectivity index (χ3n) is 2.89. The van der Waals surface area contributed by atoms with Gasteiger partial charge in [-0.3, -0.25) is 0 Å². The summed E-state index contributed by atoms with van der Waals surface area (Å²) >= 11 is 4.35. The van der Waals surface area contributed by atoms with Crippen LogP contribution < -0.4 is 0 Å². The fraction of sp³-hybridized carbons (Fsp3) is 1.00. The zero-order valence-electron chi connectivity index (χ0n) is 7.95. The van der Waals surface area contributed by atoms with Gasteiger partial charge in [-0.05, 0) is 38.0 Å². The normalized spacial score (nSPS) is 22.8. The van der Waals surface area contributed by atoms with Crippen molar-refractivity contribution in [2.45, 2.75) is 25.8 Å². The number of aliphatic hydroxyl groups is 1. The molecule has 0 bridgehead atoms. The summed E-state index contributed by atoms with van der Waals surface area (Å²) in [6.07, 6.45) is 2.61. The molecule has 1 saturated carbocycles. The Morgan fingerprint density at radius 2 is 2.17 bits per heavy atom. The smallest absolute Gasteiger partial charge is 0.0584 e. The van der Waals surface area contributed by atoms with E-state index in [2.05, 4.69) is 31.5 Å². The van der Waals surface area contributed by atoms with E-state index >= 15 is 0 Å². The molecule has 1 N–H and O–H groups in total. The maximum absolute atomic E-state index is 8.93. The van der Waals surface area contributed by atoms with Gasteiger partial charge in [-0.15, -0.1) is 0 Å². The Hall–Kier alpha value is 0.270. The van der Waals surface area contributed by atoms with Crippen molar-refractivity contribution >= 4 is 12.6 Å². The number of likely N-dealkylation sites (N-methyl/N-ethyl adjacent to an activating group) is 1. The molecular formula is C9H19NOS. The first-order chi connectivity index (χ1) is 5.63. The summed E-state index contributed by atoms with van der Waals surface area (Å²) in [5.74, 6) is 0.982. The van der Waals surface area contributed by atoms with Crippen molar-refractivity contribution in [1.82, 2.24) is 4.90 Å². The SMILES string of the molecule is CC(CO)N(C)CC1(CS)CC1. The maximum atomic E-state index is 8.93. The lowest BCUT2D eigenvalue weighted by Gasteiger charge is -2.27. The van der Waals surface area contributed by atoms with Gasteiger partial charge in [0.25, 0.3) is 0 Å². The minimum absolute atomic E-state index is 0.249. The van der Waals surface area contributed by atoms with Crippen LogP contribution >= 0.6 is 12.6 Å². The van der Waals surface area contributed by atoms with E-state index < -0.39 is 0 Å². The predicted molar refractivity (Wildman–Crippen MR) is 54.7 cm³/mol. The van der Waals surface area contributed by atoms with Crippen molar-refractivity contribution in [2.75, 3.05) is 26.0 Å². The van der Waals surface area contributed by atoms with Gasteiger partial charge in [-0.2, -0.15) is 12.6 Å². The number of aliphatic hydroxyl groups excluding tert-OH is 1. The first kappa shape index (κ1) is 10.4. The lowest BCUT2D eigenvalue weighted by atomic mass is 10.1. The van der Waals surface area contributed by atoms with Crippen LogP contribution in [0.15, 0.2) is 0 Å². The van der Waals surface area contributed by atoms with Crippen LogP contribution in [0.5, 0.6) is 0 Å². The highest BCUT2D eigenvalue weighted by Gasteiger charge is 2.42. The van der Waals surface area contributed by atoms with Gasteiger partial charge in [0, 0.05) is 12.6 Å². The summed E-state index contributed by atoms with van der Waals surface area (Å²) in [6.45, 7) is 3.38. The van der Waals surface area contributed by atoms with Gasteiger partial charge in [0.1, 0.15) is 0 Å². The molecule has 0 spiro atoms. The molecule has 1 rings (SSSR count). The average Bonchev–Trinajstić information content (AvgIpc) is 2.84. The van der Waals surface area contributed by atoms with Crippen LogP contribution in [0.1, 0.15) is 19.8 Å². The molecule has 0 heterocycles. The van der Waals surface area contributed by atoms with Crippen LogP contribution in [0.3, 0.4) is 0 Å². The number of thiol groups is 1. The van der Waals surface area contributed by atoms with Crippen LogP contribution in [0.2, 0.25) is 0 Å². The van der Waals surface area contributed by atoms with Crippen molar-refractivity contribution in [3.05, 3.63) is 0 Å². The Kier molecular flexibility index (Phi) is 3.44. The monoisotopic (exact) mass is 189 g/mol. The molecule has 72 valence electrons. The Morgan fingerprint density at radius 3 is 2.50 bits per heavy atom. The van der Waals surface area contributed by atoms with Crippen LogP contribution in [0.25, 0.3) is 0 Å². The van der Waals surface area contributed by atoms with E-state index in [0.717, 1.165) is 12.3 Å². The molecule has 0 amide bonds. The van der Waals surface area contributed by atoms with Crippen LogP contribution in [-0.4, -0.2) is 42.0 Å². The molecule has 0 aromatic rings. The number of hydrogen-bond donors (Lipinski definition) is 2. The minimum Gasteiger partial charge on any atom is -0.395 e. The van der Waals surface area contributed by atoms with Crippen molar-refractivity contribution in [1.29, 1.82) is 0 Å². The molecule has 0 aliphatic heterocycles. The summed E-state index contributed by atoms with van der Waals surface area (Å²) < 4.78 is 0. The fourth-order valence-electron chi connectivity index (χ4n) is 1.37. The summed E-state index contributed by atoms with van der Waals surface area (Å²) in [6, 6.07) is 0.280. The van der Waals surface area contributed by atoms with E-state index in [0.29, 0.717) is 5.41 Å². The van der Waals surface area contributed by atoms with Gasteiger partial charge in [0.2, 0.25) is 0 Å². The van der Waals surface area contributed by atoms with Gasteiger partial charge < -0.3 is 10.0 Å². The van der Waals surface area contributed by atoms with Crippen molar-refractivity contribution in [3.63, 3.8) is 0 Å². The third kappa shape index (κ3) is 2.38. The summed E-state index contributed by atoms with van der Waals surface area (Å²) in [4.78, 5) is 2.23. The van der Waals surface area contributed by atoms with Crippen molar-refractivity contribution < 1.29 is 5.11 Å². The topological polar surface area (TPSA) is 23.5 Å². The molecule has 1 atom stereocenters. The minimum atomic E-state index is 0.249. The summed E-state index contributed by atoms with van der Waals surface area (Å²) in [7, 11) is 2.07. The molecule has 0 aromatic heterocycles. The van der Waals surface area contributed by atoms with E-state index in [1.54, 1.807) is 0 Å². The molecule has 0 radical (unpaired) electrons. The Labute approximate surface area is 80.4 Å². The fourth-order valence-corrected chi connectivity index (χ4v) is 1.78. The molecule has 12 heavy (non-hydrogen) atoms. The van der Waals surface area contributed by atoms with E-state index in [-0.39, 0.29) is 12.6 Å². The zero-order valence-corrected chi connectivity index (χ0v) is 8.85. The molecule has 1 aliphatic rings. The molecule has 0 aromatic carbocycles. The van der Waals surface area contributed by atoms with E-state index in [1.807, 2.05) is 0 Å². The van der Waals surface area contributed by atoms with Gasteiger partial charge in [0.15, 0.2) is 0 Å². The summed E-state index contributed by atoms with van der Waals surface area (Å²) in [5, 5.41) is 8.93. The molecular weight excluding hydrogens is 170 g/mol. The second-order valence-electron chi connectivity index (χ2n) is 4.10. The second kappa shape index (κ2) is 3.99. The Balaban J connectivity index is 2.30. The standard InChI is InChI=1S/C9H19NOS/c1-8(5-11)10(2)6-9(7-12)3-4-9/h8,11-12H,3-7H2,1-2H3.